The van der Waals surface area contributed by atoms with E-state index >= 15 is 0 Å². The van der Waals surface area contributed by atoms with Gasteiger partial charge in [0.15, 0.2) is 5.58 Å². The van der Waals surface area contributed by atoms with Crippen molar-refractivity contribution in [1.29, 1.82) is 0 Å². The number of nitrogens with zero attached hydrogens (tertiary/aromatic N) is 1. The molecule has 0 atom stereocenters. The van der Waals surface area contributed by atoms with Crippen molar-refractivity contribution in [1.82, 2.24) is 4.98 Å². The average Bonchev–Trinajstić information content (AvgIpc) is 2.49. The zero-order valence-electron chi connectivity index (χ0n) is 6.37. The lowest BCUT2D eigenvalue weighted by atomic mass is 10.3. The van der Waals surface area contributed by atoms with E-state index in [1.807, 2.05) is 0 Å². The molecule has 2 aromatic rings. The zero-order valence-corrected chi connectivity index (χ0v) is 7.26. The molecule has 2 nitrogen and oxygen atoms in total. The van der Waals surface area contributed by atoms with E-state index in [9.17, 15) is 8.78 Å². The Kier molecular flexibility index (Phi) is 1.95. The number of thiol groups is 1. The highest BCUT2D eigenvalue weighted by atomic mass is 32.1. The summed E-state index contributed by atoms with van der Waals surface area (Å²) in [7, 11) is 0. The first-order valence-electron chi connectivity index (χ1n) is 3.55. The van der Waals surface area contributed by atoms with Gasteiger partial charge in [-0.15, -0.1) is 12.6 Å². The van der Waals surface area contributed by atoms with Gasteiger partial charge >= 0.3 is 6.43 Å². The number of benzene rings is 1. The maximum Gasteiger partial charge on any atom is 0.313 e. The maximum atomic E-state index is 12.2. The number of alkyl halides is 2. The lowest BCUT2D eigenvalue weighted by Gasteiger charge is -1.87. The number of rotatable bonds is 1. The summed E-state index contributed by atoms with van der Waals surface area (Å²) >= 11 is 4.06. The number of hydrogen-bond acceptors (Lipinski definition) is 3. The highest BCUT2D eigenvalue weighted by molar-refractivity contribution is 7.80. The Morgan fingerprint density at radius 3 is 2.77 bits per heavy atom. The van der Waals surface area contributed by atoms with Gasteiger partial charge in [-0.25, -0.2) is 4.98 Å². The Balaban J connectivity index is 2.68. The lowest BCUT2D eigenvalue weighted by Crippen LogP contribution is -1.81. The highest BCUT2D eigenvalue weighted by Gasteiger charge is 2.16. The molecule has 0 saturated carbocycles. The Morgan fingerprint density at radius 2 is 2.15 bits per heavy atom. The van der Waals surface area contributed by atoms with E-state index in [1.165, 1.54) is 0 Å². The minimum atomic E-state index is -2.68. The van der Waals surface area contributed by atoms with Crippen LogP contribution in [0.3, 0.4) is 0 Å². The van der Waals surface area contributed by atoms with Crippen molar-refractivity contribution in [2.45, 2.75) is 11.3 Å². The topological polar surface area (TPSA) is 26.0 Å². The first kappa shape index (κ1) is 8.50. The van der Waals surface area contributed by atoms with Crippen LogP contribution in [0.5, 0.6) is 0 Å². The Hall–Kier alpha value is -1.10. The molecule has 0 bridgehead atoms. The number of fused-ring (bicyclic) bond motifs is 1. The van der Waals surface area contributed by atoms with Gasteiger partial charge in [-0.3, -0.25) is 0 Å². The molecule has 5 heteroatoms. The molecule has 0 spiro atoms. The van der Waals surface area contributed by atoms with Gasteiger partial charge in [0.2, 0.25) is 0 Å². The molecule has 2 rings (SSSR count). The van der Waals surface area contributed by atoms with E-state index in [0.717, 1.165) is 0 Å². The van der Waals surface area contributed by atoms with Gasteiger partial charge in [-0.05, 0) is 12.1 Å². The smallest absolute Gasteiger partial charge is 0.313 e. The molecular formula is C8H5F2NOS. The van der Waals surface area contributed by atoms with Crippen molar-refractivity contribution in [2.24, 2.45) is 0 Å². The van der Waals surface area contributed by atoms with Gasteiger partial charge < -0.3 is 4.42 Å². The first-order valence-corrected chi connectivity index (χ1v) is 4.00. The fourth-order valence-corrected chi connectivity index (χ4v) is 1.29. The zero-order chi connectivity index (χ0) is 9.42. The SMILES string of the molecule is FC(F)c1nc2c(S)cccc2o1. The van der Waals surface area contributed by atoms with Crippen LogP contribution in [0.2, 0.25) is 0 Å². The summed E-state index contributed by atoms with van der Waals surface area (Å²) in [5.74, 6) is -0.559. The number of aromatic nitrogens is 1. The van der Waals surface area contributed by atoms with Gasteiger partial charge in [0, 0.05) is 4.90 Å². The molecule has 0 fully saturated rings. The molecule has 1 aromatic carbocycles. The second-order valence-electron chi connectivity index (χ2n) is 2.48. The highest BCUT2D eigenvalue weighted by Crippen LogP contribution is 2.26. The molecule has 1 heterocycles. The Bertz CT molecular complexity index is 441. The van der Waals surface area contributed by atoms with Crippen molar-refractivity contribution in [3.63, 3.8) is 0 Å². The third kappa shape index (κ3) is 1.39. The second kappa shape index (κ2) is 2.99. The molecule has 0 unspecified atom stereocenters. The standard InChI is InChI=1S/C8H5F2NOS/c9-7(10)8-11-6-4(12-8)2-1-3-5(6)13/h1-3,7,13H. The third-order valence-electron chi connectivity index (χ3n) is 1.60. The van der Waals surface area contributed by atoms with Crippen molar-refractivity contribution < 1.29 is 13.2 Å². The molecule has 0 aliphatic rings. The maximum absolute atomic E-state index is 12.2. The molecule has 0 saturated heterocycles. The summed E-state index contributed by atoms with van der Waals surface area (Å²) in [6, 6.07) is 4.92. The van der Waals surface area contributed by atoms with Crippen LogP contribution in [-0.2, 0) is 0 Å². The molecule has 0 aliphatic heterocycles. The predicted octanol–water partition coefficient (Wildman–Crippen LogP) is 3.05. The summed E-state index contributed by atoms with van der Waals surface area (Å²) in [6.45, 7) is 0. The summed E-state index contributed by atoms with van der Waals surface area (Å²) in [5.41, 5.74) is 0.712. The van der Waals surface area contributed by atoms with Crippen LogP contribution < -0.4 is 0 Å². The molecule has 0 N–H and O–H groups in total. The van der Waals surface area contributed by atoms with E-state index in [4.69, 9.17) is 4.42 Å². The molecule has 68 valence electrons. The van der Waals surface area contributed by atoms with Crippen LogP contribution >= 0.6 is 12.6 Å². The fourth-order valence-electron chi connectivity index (χ4n) is 1.04. The van der Waals surface area contributed by atoms with Crippen LogP contribution in [0, 0.1) is 0 Å². The molecule has 1 aromatic heterocycles. The number of oxazole rings is 1. The molecule has 13 heavy (non-hydrogen) atoms. The molecule has 0 radical (unpaired) electrons. The second-order valence-corrected chi connectivity index (χ2v) is 2.96. The van der Waals surface area contributed by atoms with Crippen LogP contribution in [0.4, 0.5) is 8.78 Å². The Labute approximate surface area is 78.0 Å². The summed E-state index contributed by atoms with van der Waals surface area (Å²) in [4.78, 5) is 4.15. The van der Waals surface area contributed by atoms with Crippen LogP contribution in [0.1, 0.15) is 12.3 Å². The van der Waals surface area contributed by atoms with Crippen LogP contribution in [0.25, 0.3) is 11.1 Å². The van der Waals surface area contributed by atoms with Gasteiger partial charge in [0.05, 0.1) is 0 Å². The van der Waals surface area contributed by atoms with Gasteiger partial charge in [0.25, 0.3) is 5.89 Å². The van der Waals surface area contributed by atoms with Crippen molar-refractivity contribution in [3.8, 4) is 0 Å². The van der Waals surface area contributed by atoms with Crippen molar-refractivity contribution in [2.75, 3.05) is 0 Å². The molecular weight excluding hydrogens is 196 g/mol. The normalized spacial score (nSPS) is 11.4. The van der Waals surface area contributed by atoms with Gasteiger partial charge in [0.1, 0.15) is 5.52 Å². The fraction of sp³-hybridized carbons (Fsp3) is 0.125. The number of para-hydroxylation sites is 1. The van der Waals surface area contributed by atoms with Gasteiger partial charge in [-0.2, -0.15) is 8.78 Å². The van der Waals surface area contributed by atoms with Crippen molar-refractivity contribution >= 4 is 23.7 Å². The summed E-state index contributed by atoms with van der Waals surface area (Å²) < 4.78 is 29.1. The van der Waals surface area contributed by atoms with Crippen LogP contribution in [-0.4, -0.2) is 4.98 Å². The first-order chi connectivity index (χ1) is 6.18. The minimum Gasteiger partial charge on any atom is -0.435 e. The predicted molar refractivity (Wildman–Crippen MR) is 46.2 cm³/mol. The van der Waals surface area contributed by atoms with E-state index in [0.29, 0.717) is 16.0 Å². The molecule has 0 aliphatic carbocycles. The Morgan fingerprint density at radius 1 is 1.38 bits per heavy atom. The van der Waals surface area contributed by atoms with Crippen molar-refractivity contribution in [3.05, 3.63) is 24.1 Å². The summed E-state index contributed by atoms with van der Waals surface area (Å²) in [5, 5.41) is 0. The monoisotopic (exact) mass is 201 g/mol. The number of halogens is 2. The average molecular weight is 201 g/mol. The quantitative estimate of drug-likeness (QED) is 0.717. The summed E-state index contributed by atoms with van der Waals surface area (Å²) in [6.07, 6.45) is -2.68. The van der Waals surface area contributed by atoms with Crippen LogP contribution in [0.15, 0.2) is 27.5 Å². The van der Waals surface area contributed by atoms with E-state index < -0.39 is 12.3 Å². The molecule has 0 amide bonds. The third-order valence-corrected chi connectivity index (χ3v) is 1.96. The lowest BCUT2D eigenvalue weighted by molar-refractivity contribution is 0.117. The van der Waals surface area contributed by atoms with E-state index in [2.05, 4.69) is 17.6 Å². The number of hydrogen-bond donors (Lipinski definition) is 1. The minimum absolute atomic E-state index is 0.336. The largest absolute Gasteiger partial charge is 0.435 e. The van der Waals surface area contributed by atoms with Gasteiger partial charge in [-0.1, -0.05) is 6.07 Å². The van der Waals surface area contributed by atoms with E-state index in [1.54, 1.807) is 18.2 Å². The van der Waals surface area contributed by atoms with E-state index in [-0.39, 0.29) is 0 Å².